The fourth-order valence-corrected chi connectivity index (χ4v) is 8.66. The second kappa shape index (κ2) is 12.5. The molecule has 5 fully saturated rings. The number of hydrogen-bond acceptors (Lipinski definition) is 8. The third kappa shape index (κ3) is 6.01. The van der Waals surface area contributed by atoms with Crippen molar-refractivity contribution in [1.29, 1.82) is 0 Å². The van der Waals surface area contributed by atoms with Gasteiger partial charge in [-0.15, -0.1) is 0 Å². The van der Waals surface area contributed by atoms with E-state index in [1.165, 1.54) is 45.0 Å². The molecular formula is C33H45F2N9O2. The summed E-state index contributed by atoms with van der Waals surface area (Å²) in [5, 5.41) is 14.8. The number of nitrogens with one attached hydrogen (secondary N) is 2. The highest BCUT2D eigenvalue weighted by Crippen LogP contribution is 2.41. The third-order valence-electron chi connectivity index (χ3n) is 11.5. The smallest absolute Gasteiger partial charge is 0.284 e. The van der Waals surface area contributed by atoms with Gasteiger partial charge in [-0.25, -0.2) is 18.3 Å². The van der Waals surface area contributed by atoms with Crippen LogP contribution < -0.4 is 15.5 Å². The number of nitrogens with zero attached hydrogens (tertiary/aromatic N) is 7. The quantitative estimate of drug-likeness (QED) is 0.385. The van der Waals surface area contributed by atoms with Crippen LogP contribution in [0.25, 0.3) is 5.65 Å². The van der Waals surface area contributed by atoms with Gasteiger partial charge in [0.05, 0.1) is 30.1 Å². The molecule has 7 heterocycles. The molecule has 1 saturated carbocycles. The van der Waals surface area contributed by atoms with Gasteiger partial charge in [0.25, 0.3) is 12.3 Å². The number of carbonyl (C=O) groups excluding carboxylic acids is 1. The maximum Gasteiger partial charge on any atom is 0.284 e. The normalized spacial score (nSPS) is 28.4. The molecule has 248 valence electrons. The van der Waals surface area contributed by atoms with Gasteiger partial charge >= 0.3 is 0 Å². The molecule has 2 bridgehead atoms. The first kappa shape index (κ1) is 30.2. The summed E-state index contributed by atoms with van der Waals surface area (Å²) >= 11 is 0. The van der Waals surface area contributed by atoms with Crippen molar-refractivity contribution in [2.45, 2.75) is 88.9 Å². The monoisotopic (exact) mass is 637 g/mol. The van der Waals surface area contributed by atoms with Crippen LogP contribution in [-0.2, 0) is 4.74 Å². The highest BCUT2D eigenvalue weighted by Gasteiger charge is 2.37. The largest absolute Gasteiger partial charge is 0.371 e. The first-order valence-corrected chi connectivity index (χ1v) is 17.3. The molecule has 4 aliphatic heterocycles. The first-order valence-electron chi connectivity index (χ1n) is 17.3. The summed E-state index contributed by atoms with van der Waals surface area (Å²) in [7, 11) is 0. The van der Waals surface area contributed by atoms with Gasteiger partial charge in [0.15, 0.2) is 11.3 Å². The lowest BCUT2D eigenvalue weighted by Crippen LogP contribution is -2.46. The molecule has 11 nitrogen and oxygen atoms in total. The van der Waals surface area contributed by atoms with Crippen molar-refractivity contribution < 1.29 is 18.3 Å². The molecule has 1 aliphatic carbocycles. The Morgan fingerprint density at radius 3 is 2.50 bits per heavy atom. The van der Waals surface area contributed by atoms with E-state index in [4.69, 9.17) is 9.72 Å². The Morgan fingerprint density at radius 1 is 1.04 bits per heavy atom. The minimum absolute atomic E-state index is 0.0440. The van der Waals surface area contributed by atoms with Crippen LogP contribution in [0.1, 0.15) is 92.7 Å². The second-order valence-corrected chi connectivity index (χ2v) is 14.4. The van der Waals surface area contributed by atoms with Gasteiger partial charge in [-0.05, 0) is 108 Å². The molecule has 2 N–H and O–H groups in total. The number of carbonyl (C=O) groups is 1. The van der Waals surface area contributed by atoms with Crippen molar-refractivity contribution in [3.05, 3.63) is 35.9 Å². The molecule has 1 spiro atoms. The minimum atomic E-state index is -2.81. The number of aromatic nitrogens is 5. The Hall–Kier alpha value is -3.16. The summed E-state index contributed by atoms with van der Waals surface area (Å²) in [6.45, 7) is 7.34. The number of rotatable bonds is 7. The number of piperidine rings is 2. The number of amides is 1. The van der Waals surface area contributed by atoms with E-state index in [0.29, 0.717) is 17.0 Å². The molecule has 2 atom stereocenters. The van der Waals surface area contributed by atoms with Crippen LogP contribution in [0.2, 0.25) is 0 Å². The van der Waals surface area contributed by atoms with Crippen molar-refractivity contribution in [2.75, 3.05) is 56.0 Å². The Bertz CT molecular complexity index is 1520. The van der Waals surface area contributed by atoms with Crippen LogP contribution in [0, 0.1) is 11.3 Å². The lowest BCUT2D eigenvalue weighted by Gasteiger charge is -2.45. The highest BCUT2D eigenvalue weighted by atomic mass is 19.3. The van der Waals surface area contributed by atoms with E-state index in [-0.39, 0.29) is 29.5 Å². The summed E-state index contributed by atoms with van der Waals surface area (Å²) in [4.78, 5) is 23.1. The number of hydrogen-bond donors (Lipinski definition) is 2. The standard InChI is InChI=1S/C33H45F2N9O2/c34-30(35)29-27(38-32(45)26-17-37-43-14-7-28(39-31(26)43)42-19-24-5-6-25(20-42)46-24)21-44(40-29)23-3-1-22(2-4-23)18-41-15-10-33(11-16-41)8-12-36-13-9-33/h7,14,17,21-25,30,36H,1-6,8-13,15-16,18-20H2,(H,38,45). The van der Waals surface area contributed by atoms with Crippen molar-refractivity contribution >= 4 is 23.1 Å². The lowest BCUT2D eigenvalue weighted by molar-refractivity contribution is 0.0302. The van der Waals surface area contributed by atoms with Crippen LogP contribution >= 0.6 is 0 Å². The zero-order valence-corrected chi connectivity index (χ0v) is 26.4. The van der Waals surface area contributed by atoms with Crippen molar-refractivity contribution in [2.24, 2.45) is 11.3 Å². The first-order chi connectivity index (χ1) is 22.4. The predicted octanol–water partition coefficient (Wildman–Crippen LogP) is 4.68. The Balaban J connectivity index is 0.903. The molecule has 3 aromatic rings. The summed E-state index contributed by atoms with van der Waals surface area (Å²) < 4.78 is 37.5. The molecule has 3 aromatic heterocycles. The predicted molar refractivity (Wildman–Crippen MR) is 169 cm³/mol. The molecule has 2 unspecified atom stereocenters. The zero-order chi connectivity index (χ0) is 31.3. The van der Waals surface area contributed by atoms with Gasteiger partial charge in [-0.1, -0.05) is 0 Å². The molecule has 0 aromatic carbocycles. The lowest BCUT2D eigenvalue weighted by atomic mass is 9.71. The second-order valence-electron chi connectivity index (χ2n) is 14.4. The van der Waals surface area contributed by atoms with Crippen LogP contribution in [0.4, 0.5) is 20.3 Å². The molecule has 4 saturated heterocycles. The maximum atomic E-state index is 14.2. The van der Waals surface area contributed by atoms with E-state index in [1.54, 1.807) is 21.6 Å². The van der Waals surface area contributed by atoms with Crippen LogP contribution in [0.3, 0.4) is 0 Å². The minimum Gasteiger partial charge on any atom is -0.371 e. The number of anilines is 2. The van der Waals surface area contributed by atoms with Crippen molar-refractivity contribution in [3.8, 4) is 0 Å². The fourth-order valence-electron chi connectivity index (χ4n) is 8.66. The number of alkyl halides is 2. The Kier molecular flexibility index (Phi) is 8.18. The SMILES string of the molecule is O=C(Nc1cn(C2CCC(CN3CCC4(CCNCC4)CC3)CC2)nc1C(F)F)c1cnn2ccc(N3CC4CCC(C3)O4)nc12. The van der Waals surface area contributed by atoms with Crippen LogP contribution in [0.15, 0.2) is 24.7 Å². The van der Waals surface area contributed by atoms with Crippen LogP contribution in [0.5, 0.6) is 0 Å². The van der Waals surface area contributed by atoms with Gasteiger partial charge < -0.3 is 25.2 Å². The molecular weight excluding hydrogens is 592 g/mol. The molecule has 46 heavy (non-hydrogen) atoms. The van der Waals surface area contributed by atoms with Crippen molar-refractivity contribution in [3.63, 3.8) is 0 Å². The van der Waals surface area contributed by atoms with Gasteiger partial charge in [-0.2, -0.15) is 10.2 Å². The van der Waals surface area contributed by atoms with Crippen LogP contribution in [-0.4, -0.2) is 93.2 Å². The maximum absolute atomic E-state index is 14.2. The molecule has 1 amide bonds. The van der Waals surface area contributed by atoms with E-state index in [1.807, 2.05) is 6.07 Å². The van der Waals surface area contributed by atoms with E-state index >= 15 is 0 Å². The summed E-state index contributed by atoms with van der Waals surface area (Å²) in [5.41, 5.74) is 0.822. The summed E-state index contributed by atoms with van der Waals surface area (Å²) in [6, 6.07) is 1.93. The Labute approximate surface area is 268 Å². The van der Waals surface area contributed by atoms with Crippen molar-refractivity contribution in [1.82, 2.24) is 34.6 Å². The number of ether oxygens (including phenoxy) is 1. The van der Waals surface area contributed by atoms with E-state index in [2.05, 4.69) is 30.6 Å². The van der Waals surface area contributed by atoms with Gasteiger partial charge in [0.2, 0.25) is 0 Å². The Morgan fingerprint density at radius 2 is 1.78 bits per heavy atom. The number of halogens is 2. The summed E-state index contributed by atoms with van der Waals surface area (Å²) in [5.74, 6) is 0.854. The van der Waals surface area contributed by atoms with E-state index in [9.17, 15) is 13.6 Å². The van der Waals surface area contributed by atoms with Gasteiger partial charge in [0, 0.05) is 32.0 Å². The average Bonchev–Trinajstić information content (AvgIpc) is 3.79. The van der Waals surface area contributed by atoms with E-state index in [0.717, 1.165) is 77.1 Å². The fraction of sp³-hybridized carbons (Fsp3) is 0.697. The van der Waals surface area contributed by atoms with E-state index < -0.39 is 18.0 Å². The third-order valence-corrected chi connectivity index (χ3v) is 11.5. The number of morpholine rings is 1. The molecule has 5 aliphatic rings. The van der Waals surface area contributed by atoms with Gasteiger partial charge in [0.1, 0.15) is 11.4 Å². The molecule has 0 radical (unpaired) electrons. The topological polar surface area (TPSA) is 105 Å². The van der Waals surface area contributed by atoms with Gasteiger partial charge in [-0.3, -0.25) is 9.48 Å². The number of likely N-dealkylation sites (tertiary alicyclic amines) is 1. The summed E-state index contributed by atoms with van der Waals surface area (Å²) in [6.07, 6.45) is 13.6. The zero-order valence-electron chi connectivity index (χ0n) is 26.4. The molecule has 8 rings (SSSR count). The average molecular weight is 638 g/mol. The highest BCUT2D eigenvalue weighted by molar-refractivity contribution is 6.08. The number of fused-ring (bicyclic) bond motifs is 3. The molecule has 13 heteroatoms.